The Morgan fingerprint density at radius 3 is 2.47 bits per heavy atom. The zero-order chi connectivity index (χ0) is 11.5. The highest BCUT2D eigenvalue weighted by Crippen LogP contribution is 2.30. The molecule has 1 aromatic heterocycles. The number of hydrogen-bond acceptors (Lipinski definition) is 2. The van der Waals surface area contributed by atoms with Gasteiger partial charge in [0, 0.05) is 6.07 Å². The van der Waals surface area contributed by atoms with Crippen molar-refractivity contribution in [3.8, 4) is 5.88 Å². The lowest BCUT2D eigenvalue weighted by atomic mass is 10.1. The van der Waals surface area contributed by atoms with Crippen molar-refractivity contribution in [3.05, 3.63) is 23.4 Å². The summed E-state index contributed by atoms with van der Waals surface area (Å²) in [6, 6.07) is 2.59. The molecule has 84 valence electrons. The van der Waals surface area contributed by atoms with Crippen molar-refractivity contribution in [1.82, 2.24) is 4.98 Å². The van der Waals surface area contributed by atoms with E-state index in [9.17, 15) is 13.2 Å². The van der Waals surface area contributed by atoms with Crippen LogP contribution in [0.4, 0.5) is 13.2 Å². The maximum Gasteiger partial charge on any atom is 0.433 e. The van der Waals surface area contributed by atoms with E-state index in [4.69, 9.17) is 4.74 Å². The molecule has 2 nitrogen and oxygen atoms in total. The van der Waals surface area contributed by atoms with Crippen LogP contribution >= 0.6 is 0 Å². The Bertz CT molecular complexity index is 336. The third-order valence-corrected chi connectivity index (χ3v) is 1.90. The van der Waals surface area contributed by atoms with Crippen LogP contribution in [-0.2, 0) is 12.6 Å². The van der Waals surface area contributed by atoms with Crippen LogP contribution in [-0.4, -0.2) is 12.1 Å². The van der Waals surface area contributed by atoms with Gasteiger partial charge in [-0.2, -0.15) is 13.2 Å². The van der Waals surface area contributed by atoms with Gasteiger partial charge < -0.3 is 4.74 Å². The molecule has 0 bridgehead atoms. The normalized spacial score (nSPS) is 11.5. The van der Waals surface area contributed by atoms with Gasteiger partial charge in [0.25, 0.3) is 0 Å². The van der Waals surface area contributed by atoms with E-state index in [0.717, 1.165) is 12.5 Å². The van der Waals surface area contributed by atoms with Crippen LogP contribution in [0.2, 0.25) is 0 Å². The van der Waals surface area contributed by atoms with Crippen molar-refractivity contribution in [2.45, 2.75) is 25.9 Å². The topological polar surface area (TPSA) is 22.1 Å². The number of alkyl halides is 3. The van der Waals surface area contributed by atoms with Gasteiger partial charge in [-0.25, -0.2) is 4.98 Å². The third kappa shape index (κ3) is 3.11. The molecule has 0 fully saturated rings. The number of rotatable bonds is 3. The predicted octanol–water partition coefficient (Wildman–Crippen LogP) is 3.06. The first kappa shape index (κ1) is 11.8. The maximum atomic E-state index is 12.4. The summed E-state index contributed by atoms with van der Waals surface area (Å²) >= 11 is 0. The second kappa shape index (κ2) is 4.51. The zero-order valence-electron chi connectivity index (χ0n) is 8.56. The van der Waals surface area contributed by atoms with Crippen molar-refractivity contribution in [2.24, 2.45) is 0 Å². The first-order valence-corrected chi connectivity index (χ1v) is 4.59. The summed E-state index contributed by atoms with van der Waals surface area (Å²) in [5.41, 5.74) is -0.304. The van der Waals surface area contributed by atoms with Crippen molar-refractivity contribution in [2.75, 3.05) is 7.11 Å². The van der Waals surface area contributed by atoms with Crippen molar-refractivity contribution in [3.63, 3.8) is 0 Å². The molecule has 0 spiro atoms. The molecule has 0 radical (unpaired) electrons. The van der Waals surface area contributed by atoms with Gasteiger partial charge in [0.15, 0.2) is 0 Å². The van der Waals surface area contributed by atoms with Gasteiger partial charge in [-0.3, -0.25) is 0 Å². The first-order chi connectivity index (χ1) is 6.97. The summed E-state index contributed by atoms with van der Waals surface area (Å²) in [6.07, 6.45) is -3.05. The molecule has 0 aliphatic rings. The van der Waals surface area contributed by atoms with Gasteiger partial charge in [-0.15, -0.1) is 0 Å². The molecular weight excluding hydrogens is 207 g/mol. The first-order valence-electron chi connectivity index (χ1n) is 4.59. The van der Waals surface area contributed by atoms with Gasteiger partial charge in [-0.1, -0.05) is 13.3 Å². The Balaban J connectivity index is 3.11. The summed E-state index contributed by atoms with van der Waals surface area (Å²) in [5.74, 6) is 0.00766. The fraction of sp³-hybridized carbons (Fsp3) is 0.500. The Morgan fingerprint density at radius 2 is 2.00 bits per heavy atom. The Hall–Kier alpha value is -1.26. The monoisotopic (exact) mass is 219 g/mol. The van der Waals surface area contributed by atoms with E-state index in [1.807, 2.05) is 6.92 Å². The second-order valence-electron chi connectivity index (χ2n) is 3.15. The average molecular weight is 219 g/mol. The summed E-state index contributed by atoms with van der Waals surface area (Å²) in [7, 11) is 1.30. The van der Waals surface area contributed by atoms with E-state index in [1.54, 1.807) is 0 Å². The minimum Gasteiger partial charge on any atom is -0.481 e. The largest absolute Gasteiger partial charge is 0.481 e. The average Bonchev–Trinajstić information content (AvgIpc) is 2.16. The van der Waals surface area contributed by atoms with Crippen LogP contribution in [0.5, 0.6) is 5.88 Å². The fourth-order valence-electron chi connectivity index (χ4n) is 1.24. The number of halogens is 3. The summed E-state index contributed by atoms with van der Waals surface area (Å²) in [4.78, 5) is 3.36. The molecule has 1 rings (SSSR count). The molecule has 1 aromatic rings. The van der Waals surface area contributed by atoms with Crippen LogP contribution in [0.15, 0.2) is 12.1 Å². The minimum absolute atomic E-state index is 0.00766. The maximum absolute atomic E-state index is 12.4. The van der Waals surface area contributed by atoms with Gasteiger partial charge in [-0.05, 0) is 18.1 Å². The van der Waals surface area contributed by atoms with E-state index < -0.39 is 11.9 Å². The van der Waals surface area contributed by atoms with Crippen LogP contribution in [0.3, 0.4) is 0 Å². The summed E-state index contributed by atoms with van der Waals surface area (Å²) in [5, 5.41) is 0. The van der Waals surface area contributed by atoms with Gasteiger partial charge >= 0.3 is 6.18 Å². The smallest absolute Gasteiger partial charge is 0.433 e. The van der Waals surface area contributed by atoms with E-state index in [0.29, 0.717) is 12.0 Å². The van der Waals surface area contributed by atoms with Gasteiger partial charge in [0.05, 0.1) is 7.11 Å². The standard InChI is InChI=1S/C10H12F3NO/c1-3-4-7-5-8(10(11,12)13)14-9(6-7)15-2/h5-6H,3-4H2,1-2H3. The van der Waals surface area contributed by atoms with E-state index >= 15 is 0 Å². The van der Waals surface area contributed by atoms with Crippen LogP contribution in [0.1, 0.15) is 24.6 Å². The van der Waals surface area contributed by atoms with Crippen molar-refractivity contribution < 1.29 is 17.9 Å². The minimum atomic E-state index is -4.42. The molecule has 15 heavy (non-hydrogen) atoms. The number of ether oxygens (including phenoxy) is 1. The number of methoxy groups -OCH3 is 1. The molecule has 1 heterocycles. The van der Waals surface area contributed by atoms with E-state index in [1.165, 1.54) is 13.2 Å². The molecule has 0 saturated carbocycles. The number of aromatic nitrogens is 1. The number of hydrogen-bond donors (Lipinski definition) is 0. The molecule has 0 N–H and O–H groups in total. The molecule has 0 aromatic carbocycles. The quantitative estimate of drug-likeness (QED) is 0.779. The van der Waals surface area contributed by atoms with Crippen LogP contribution < -0.4 is 4.74 Å². The van der Waals surface area contributed by atoms with E-state index in [-0.39, 0.29) is 5.88 Å². The highest BCUT2D eigenvalue weighted by molar-refractivity contribution is 5.26. The molecular formula is C10H12F3NO. The molecule has 0 aliphatic heterocycles. The lowest BCUT2D eigenvalue weighted by Gasteiger charge is -2.09. The number of nitrogens with zero attached hydrogens (tertiary/aromatic N) is 1. The number of aryl methyl sites for hydroxylation is 1. The molecule has 0 atom stereocenters. The summed E-state index contributed by atoms with van der Waals surface area (Å²) < 4.78 is 41.9. The van der Waals surface area contributed by atoms with Crippen molar-refractivity contribution in [1.29, 1.82) is 0 Å². The third-order valence-electron chi connectivity index (χ3n) is 1.90. The number of pyridine rings is 1. The molecule has 5 heteroatoms. The van der Waals surface area contributed by atoms with Crippen LogP contribution in [0.25, 0.3) is 0 Å². The molecule has 0 aliphatic carbocycles. The van der Waals surface area contributed by atoms with E-state index in [2.05, 4.69) is 4.98 Å². The lowest BCUT2D eigenvalue weighted by molar-refractivity contribution is -0.141. The van der Waals surface area contributed by atoms with Crippen LogP contribution in [0, 0.1) is 0 Å². The van der Waals surface area contributed by atoms with Gasteiger partial charge in [0.2, 0.25) is 5.88 Å². The van der Waals surface area contributed by atoms with Crippen molar-refractivity contribution >= 4 is 0 Å². The highest BCUT2D eigenvalue weighted by Gasteiger charge is 2.33. The summed E-state index contributed by atoms with van der Waals surface area (Å²) in [6.45, 7) is 1.90. The lowest BCUT2D eigenvalue weighted by Crippen LogP contribution is -2.09. The predicted molar refractivity (Wildman–Crippen MR) is 49.8 cm³/mol. The SMILES string of the molecule is CCCc1cc(OC)nc(C(F)(F)F)c1. The molecule has 0 saturated heterocycles. The molecule has 0 amide bonds. The molecule has 0 unspecified atom stereocenters. The Labute approximate surface area is 86.1 Å². The Kier molecular flexibility index (Phi) is 3.55. The zero-order valence-corrected chi connectivity index (χ0v) is 8.56. The second-order valence-corrected chi connectivity index (χ2v) is 3.15. The van der Waals surface area contributed by atoms with Gasteiger partial charge in [0.1, 0.15) is 5.69 Å². The fourth-order valence-corrected chi connectivity index (χ4v) is 1.24. The Morgan fingerprint density at radius 1 is 1.33 bits per heavy atom. The highest BCUT2D eigenvalue weighted by atomic mass is 19.4.